The van der Waals surface area contributed by atoms with E-state index in [4.69, 9.17) is 30.2 Å². The predicted molar refractivity (Wildman–Crippen MR) is 116 cm³/mol. The summed E-state index contributed by atoms with van der Waals surface area (Å²) in [5.41, 5.74) is 2.25. The molecule has 31 heavy (non-hydrogen) atoms. The highest BCUT2D eigenvalue weighted by Crippen LogP contribution is 2.55. The maximum absolute atomic E-state index is 13.1. The van der Waals surface area contributed by atoms with Crippen molar-refractivity contribution in [2.24, 2.45) is 0 Å². The molecule has 2 aliphatic heterocycles. The fourth-order valence-corrected chi connectivity index (χ4v) is 4.77. The molecule has 2 atom stereocenters. The highest BCUT2D eigenvalue weighted by molar-refractivity contribution is 6.30. The molecule has 2 bridgehead atoms. The Bertz CT molecular complexity index is 1390. The van der Waals surface area contributed by atoms with Crippen LogP contribution >= 0.6 is 11.6 Å². The lowest BCUT2D eigenvalue weighted by Gasteiger charge is -2.46. The van der Waals surface area contributed by atoms with Gasteiger partial charge >= 0.3 is 5.63 Å². The average molecular weight is 433 g/mol. The van der Waals surface area contributed by atoms with Crippen LogP contribution in [0.2, 0.25) is 5.02 Å². The van der Waals surface area contributed by atoms with Crippen LogP contribution in [0.15, 0.2) is 75.9 Å². The predicted octanol–water partition coefficient (Wildman–Crippen LogP) is 5.61. The molecule has 0 saturated carbocycles. The number of rotatable bonds is 2. The molecule has 5 nitrogen and oxygen atoms in total. The van der Waals surface area contributed by atoms with E-state index >= 15 is 0 Å². The second kappa shape index (κ2) is 6.53. The van der Waals surface area contributed by atoms with E-state index in [0.29, 0.717) is 34.1 Å². The molecule has 6 heteroatoms. The minimum Gasteiger partial charge on any atom is -0.497 e. The largest absolute Gasteiger partial charge is 0.497 e. The molecule has 2 aliphatic rings. The number of halogens is 1. The van der Waals surface area contributed by atoms with Gasteiger partial charge in [0.15, 0.2) is 0 Å². The maximum Gasteiger partial charge on any atom is 0.343 e. The van der Waals surface area contributed by atoms with Crippen molar-refractivity contribution in [1.82, 2.24) is 0 Å². The van der Waals surface area contributed by atoms with Crippen LogP contribution in [0.3, 0.4) is 0 Å². The molecule has 0 amide bonds. The molecule has 0 unspecified atom stereocenters. The molecule has 0 saturated heterocycles. The standard InChI is InChI=1S/C25H17ClO5/c1-28-16-9-6-14(7-10-16)25-13-19(18-12-15(26)8-11-21(18)30-25)22-23(31-25)17-4-2-3-5-20(17)29-24(22)27/h2-12,19H,13H2,1H3/t19-,25-/m0/s1. The minimum atomic E-state index is -1.10. The van der Waals surface area contributed by atoms with Gasteiger partial charge in [-0.25, -0.2) is 4.79 Å². The minimum absolute atomic E-state index is 0.283. The molecule has 3 heterocycles. The zero-order valence-electron chi connectivity index (χ0n) is 16.6. The summed E-state index contributed by atoms with van der Waals surface area (Å²) in [4.78, 5) is 13.1. The van der Waals surface area contributed by atoms with E-state index in [9.17, 15) is 4.79 Å². The molecule has 3 aromatic carbocycles. The first-order valence-corrected chi connectivity index (χ1v) is 10.3. The van der Waals surface area contributed by atoms with Crippen LogP contribution in [-0.4, -0.2) is 7.11 Å². The van der Waals surface area contributed by atoms with Crippen LogP contribution in [0.1, 0.15) is 29.0 Å². The van der Waals surface area contributed by atoms with Crippen LogP contribution in [0.25, 0.3) is 11.0 Å². The number of methoxy groups -OCH3 is 1. The lowest BCUT2D eigenvalue weighted by Crippen LogP contribution is -2.48. The summed E-state index contributed by atoms with van der Waals surface area (Å²) in [5, 5.41) is 1.31. The molecule has 0 fully saturated rings. The van der Waals surface area contributed by atoms with Crippen molar-refractivity contribution in [2.75, 3.05) is 7.11 Å². The Hall–Kier alpha value is -3.44. The van der Waals surface area contributed by atoms with E-state index in [2.05, 4.69) is 0 Å². The zero-order valence-corrected chi connectivity index (χ0v) is 17.3. The van der Waals surface area contributed by atoms with Gasteiger partial charge in [-0.3, -0.25) is 0 Å². The molecule has 1 aromatic heterocycles. The van der Waals surface area contributed by atoms with Crippen LogP contribution in [-0.2, 0) is 5.79 Å². The van der Waals surface area contributed by atoms with Gasteiger partial charge in [0.25, 0.3) is 5.79 Å². The van der Waals surface area contributed by atoms with Crippen molar-refractivity contribution in [3.8, 4) is 17.2 Å². The maximum atomic E-state index is 13.1. The van der Waals surface area contributed by atoms with E-state index in [0.717, 1.165) is 22.3 Å². The van der Waals surface area contributed by atoms with Crippen molar-refractivity contribution in [3.05, 3.63) is 98.9 Å². The quantitative estimate of drug-likeness (QED) is 0.385. The Balaban J connectivity index is 1.66. The first-order valence-electron chi connectivity index (χ1n) is 9.96. The van der Waals surface area contributed by atoms with Crippen molar-refractivity contribution in [2.45, 2.75) is 18.1 Å². The van der Waals surface area contributed by atoms with E-state index in [-0.39, 0.29) is 5.92 Å². The van der Waals surface area contributed by atoms with Gasteiger partial charge < -0.3 is 18.6 Å². The lowest BCUT2D eigenvalue weighted by molar-refractivity contribution is -0.148. The van der Waals surface area contributed by atoms with Crippen molar-refractivity contribution >= 4 is 22.6 Å². The summed E-state index contributed by atoms with van der Waals surface area (Å²) in [6.07, 6.45) is 0.419. The van der Waals surface area contributed by atoms with E-state index in [1.165, 1.54) is 0 Å². The smallest absolute Gasteiger partial charge is 0.343 e. The topological polar surface area (TPSA) is 57.9 Å². The van der Waals surface area contributed by atoms with E-state index in [1.807, 2.05) is 54.6 Å². The molecular weight excluding hydrogens is 416 g/mol. The normalized spacial score (nSPS) is 20.9. The molecule has 0 aliphatic carbocycles. The summed E-state index contributed by atoms with van der Waals surface area (Å²) >= 11 is 6.30. The summed E-state index contributed by atoms with van der Waals surface area (Å²) in [6, 6.07) is 20.4. The summed E-state index contributed by atoms with van der Waals surface area (Å²) in [6.45, 7) is 0. The third-order valence-corrected chi connectivity index (χ3v) is 6.27. The Morgan fingerprint density at radius 3 is 2.65 bits per heavy atom. The van der Waals surface area contributed by atoms with Gasteiger partial charge in [0.05, 0.1) is 18.1 Å². The number of hydrogen-bond donors (Lipinski definition) is 0. The third kappa shape index (κ3) is 2.66. The van der Waals surface area contributed by atoms with Gasteiger partial charge in [0.2, 0.25) is 0 Å². The van der Waals surface area contributed by atoms with Crippen molar-refractivity contribution < 1.29 is 18.6 Å². The molecule has 154 valence electrons. The fraction of sp³-hybridized carbons (Fsp3) is 0.160. The van der Waals surface area contributed by atoms with Crippen LogP contribution in [0, 0.1) is 0 Å². The van der Waals surface area contributed by atoms with Gasteiger partial charge in [0, 0.05) is 28.5 Å². The van der Waals surface area contributed by atoms with E-state index in [1.54, 1.807) is 19.2 Å². The van der Waals surface area contributed by atoms with Crippen LogP contribution < -0.4 is 19.8 Å². The number of hydrogen-bond acceptors (Lipinski definition) is 5. The number of ether oxygens (including phenoxy) is 3. The highest BCUT2D eigenvalue weighted by atomic mass is 35.5. The first-order chi connectivity index (χ1) is 15.1. The number of para-hydroxylation sites is 1. The SMILES string of the molecule is COc1ccc([C@@]23C[C@@H](c4cc(Cl)ccc4O2)c2c(c4ccccc4oc2=O)O3)cc1. The molecular formula is C25H17ClO5. The molecule has 0 N–H and O–H groups in total. The Morgan fingerprint density at radius 1 is 1.03 bits per heavy atom. The zero-order chi connectivity index (χ0) is 21.2. The summed E-state index contributed by atoms with van der Waals surface area (Å²) in [5.74, 6) is 0.483. The fourth-order valence-electron chi connectivity index (χ4n) is 4.59. The first kappa shape index (κ1) is 18.3. The number of benzene rings is 3. The second-order valence-corrected chi connectivity index (χ2v) is 8.19. The second-order valence-electron chi connectivity index (χ2n) is 7.75. The van der Waals surface area contributed by atoms with Gasteiger partial charge in [-0.1, -0.05) is 23.7 Å². The lowest BCUT2D eigenvalue weighted by atomic mass is 9.78. The Kier molecular flexibility index (Phi) is 3.86. The number of fused-ring (bicyclic) bond motifs is 8. The van der Waals surface area contributed by atoms with Crippen molar-refractivity contribution in [1.29, 1.82) is 0 Å². The average Bonchev–Trinajstić information content (AvgIpc) is 2.79. The summed E-state index contributed by atoms with van der Waals surface area (Å²) < 4.78 is 24.0. The van der Waals surface area contributed by atoms with Gasteiger partial charge in [0.1, 0.15) is 22.8 Å². The third-order valence-electron chi connectivity index (χ3n) is 6.04. The molecule has 0 spiro atoms. The Morgan fingerprint density at radius 2 is 1.84 bits per heavy atom. The van der Waals surface area contributed by atoms with Gasteiger partial charge in [-0.2, -0.15) is 0 Å². The monoisotopic (exact) mass is 432 g/mol. The molecule has 4 aromatic rings. The molecule has 0 radical (unpaired) electrons. The van der Waals surface area contributed by atoms with Crippen molar-refractivity contribution in [3.63, 3.8) is 0 Å². The van der Waals surface area contributed by atoms with Gasteiger partial charge in [-0.15, -0.1) is 0 Å². The van der Waals surface area contributed by atoms with Crippen LogP contribution in [0.5, 0.6) is 17.2 Å². The Labute approximate surface area is 182 Å². The van der Waals surface area contributed by atoms with Crippen LogP contribution in [0.4, 0.5) is 0 Å². The van der Waals surface area contributed by atoms with E-state index < -0.39 is 11.4 Å². The molecule has 6 rings (SSSR count). The van der Waals surface area contributed by atoms with Gasteiger partial charge in [-0.05, 0) is 54.6 Å². The summed E-state index contributed by atoms with van der Waals surface area (Å²) in [7, 11) is 1.62. The highest BCUT2D eigenvalue weighted by Gasteiger charge is 2.51.